The Bertz CT molecular complexity index is 2270. The molecule has 0 aliphatic heterocycles. The first kappa shape index (κ1) is 33.8. The van der Waals surface area contributed by atoms with Crippen LogP contribution in [0.25, 0.3) is 32.7 Å². The third kappa shape index (κ3) is 5.75. The monoisotopic (exact) mass is 766 g/mol. The summed E-state index contributed by atoms with van der Waals surface area (Å²) >= 11 is 10.9. The van der Waals surface area contributed by atoms with Gasteiger partial charge < -0.3 is 0 Å². The predicted octanol–water partition coefficient (Wildman–Crippen LogP) is 13.8. The van der Waals surface area contributed by atoms with E-state index in [-0.39, 0.29) is 10.8 Å². The summed E-state index contributed by atoms with van der Waals surface area (Å²) in [6, 6.07) is 41.0. The van der Waals surface area contributed by atoms with Gasteiger partial charge in [0, 0.05) is 0 Å². The minimum absolute atomic E-state index is 0.0508. The first-order valence-electron chi connectivity index (χ1n) is 17.7. The summed E-state index contributed by atoms with van der Waals surface area (Å²) in [4.78, 5) is 0. The summed E-state index contributed by atoms with van der Waals surface area (Å²) in [7, 11) is 0. The van der Waals surface area contributed by atoms with Crippen molar-refractivity contribution in [2.75, 3.05) is 0 Å². The van der Waals surface area contributed by atoms with Crippen molar-refractivity contribution in [3.05, 3.63) is 177 Å². The molecule has 0 radical (unpaired) electrons. The Morgan fingerprint density at radius 1 is 0.520 bits per heavy atom. The van der Waals surface area contributed by atoms with Gasteiger partial charge in [0.15, 0.2) is 0 Å². The van der Waals surface area contributed by atoms with Crippen molar-refractivity contribution in [3.63, 3.8) is 0 Å². The van der Waals surface area contributed by atoms with Gasteiger partial charge in [-0.25, -0.2) is 0 Å². The van der Waals surface area contributed by atoms with Crippen LogP contribution in [0.4, 0.5) is 0 Å². The summed E-state index contributed by atoms with van der Waals surface area (Å²) in [5, 5.41) is 6.19. The first-order valence-corrected chi connectivity index (χ1v) is 22.5. The average Bonchev–Trinajstić information content (AvgIpc) is 3.73. The van der Waals surface area contributed by atoms with Crippen LogP contribution < -0.4 is 0 Å². The molecule has 0 fully saturated rings. The van der Waals surface area contributed by atoms with Crippen molar-refractivity contribution in [2.24, 2.45) is 0 Å². The van der Waals surface area contributed by atoms with Crippen LogP contribution in [-0.2, 0) is 32.1 Å². The molecule has 2 aliphatic carbocycles. The Hall–Kier alpha value is -3.35. The third-order valence-corrected chi connectivity index (χ3v) is 19.9. The molecule has 0 nitrogen and oxygen atoms in total. The van der Waals surface area contributed by atoms with Gasteiger partial charge in [-0.2, -0.15) is 0 Å². The Kier molecular flexibility index (Phi) is 8.58. The molecule has 6 aromatic carbocycles. The molecule has 0 unspecified atom stereocenters. The molecule has 248 valence electrons. The van der Waals surface area contributed by atoms with E-state index in [0.29, 0.717) is 7.25 Å². The number of allylic oxidation sites excluding steroid dienone is 4. The summed E-state index contributed by atoms with van der Waals surface area (Å²) < 4.78 is 2.18. The molecule has 0 N–H and O–H groups in total. The van der Waals surface area contributed by atoms with Crippen molar-refractivity contribution < 1.29 is 21.3 Å². The fourth-order valence-electron chi connectivity index (χ4n) is 8.10. The number of hydrogen-bond donors (Lipinski definition) is 0. The maximum atomic E-state index is 6.93. The van der Waals surface area contributed by atoms with Crippen LogP contribution in [0, 0.1) is 0 Å². The number of halogens is 2. The van der Waals surface area contributed by atoms with Crippen LogP contribution in [0.5, 0.6) is 0 Å². The molecule has 0 saturated heterocycles. The summed E-state index contributed by atoms with van der Waals surface area (Å²) in [6.07, 6.45) is 9.50. The van der Waals surface area contributed by atoms with Crippen molar-refractivity contribution in [2.45, 2.75) is 59.6 Å². The summed E-state index contributed by atoms with van der Waals surface area (Å²) in [6.45, 7) is 14.0. The Morgan fingerprint density at radius 2 is 0.940 bits per heavy atom. The molecule has 0 amide bonds. The Balaban J connectivity index is 1.55. The quantitative estimate of drug-likeness (QED) is 0.168. The van der Waals surface area contributed by atoms with Crippen LogP contribution in [0.15, 0.2) is 133 Å². The fourth-order valence-corrected chi connectivity index (χ4v) is 18.1. The molecule has 0 bridgehead atoms. The van der Waals surface area contributed by atoms with Crippen molar-refractivity contribution in [3.8, 4) is 11.1 Å². The second-order valence-electron chi connectivity index (χ2n) is 15.9. The van der Waals surface area contributed by atoms with Gasteiger partial charge in [0.05, 0.1) is 0 Å². The molecule has 3 heteroatoms. The van der Waals surface area contributed by atoms with Crippen LogP contribution in [0.2, 0.25) is 13.7 Å². The van der Waals surface area contributed by atoms with Crippen molar-refractivity contribution in [1.82, 2.24) is 0 Å². The Labute approximate surface area is 314 Å². The van der Waals surface area contributed by atoms with E-state index in [1.54, 1.807) is 0 Å². The van der Waals surface area contributed by atoms with Gasteiger partial charge in [-0.1, -0.05) is 0 Å². The number of benzene rings is 6. The number of rotatable bonds is 4. The fraction of sp³-hybridized carbons (Fsp3) is 0.213. The molecule has 8 rings (SSSR count). The van der Waals surface area contributed by atoms with E-state index in [1.807, 2.05) is 12.1 Å². The molecule has 0 saturated carbocycles. The first-order chi connectivity index (χ1) is 23.9. The van der Waals surface area contributed by atoms with Gasteiger partial charge in [-0.3, -0.25) is 0 Å². The van der Waals surface area contributed by atoms with Gasteiger partial charge >= 0.3 is 317 Å². The number of hydrogen-bond acceptors (Lipinski definition) is 0. The standard InChI is InChI=1S/C21H12Cl2.C21H25.C5H5.Zr/c22-20-11-3-7-16-14(5-1-9-18(16)20)13-15-6-2-10-19-17(15)8-4-12-21(19)23;1-20(2,3)16-9-7-14-11-15-8-10-17(21(4,5)6)13-19(15)18(14)12-16;1-2-4-5-3-1;/h1-12H;7-13H,1-6H3;1-5H;. The molecule has 2 aliphatic rings. The normalized spacial score (nSPS) is 14.5. The van der Waals surface area contributed by atoms with Gasteiger partial charge in [0.1, 0.15) is 0 Å². The minimum atomic E-state index is -2.98. The average molecular weight is 769 g/mol. The van der Waals surface area contributed by atoms with Crippen LogP contribution >= 0.6 is 23.2 Å². The molecule has 50 heavy (non-hydrogen) atoms. The van der Waals surface area contributed by atoms with Crippen molar-refractivity contribution >= 4 is 48.0 Å². The molecule has 0 heterocycles. The SMILES string of the molecule is CC(C)(C)c1ccc2c(c1)-c1cc(C(C)(C)C)ccc1[CH]2[Zr](=[C](c1cccc2c(Cl)cccc12)c1cccc2c(Cl)cccc12)[CH]1C=CC=C1. The molecular weight excluding hydrogens is 727 g/mol. The van der Waals surface area contributed by atoms with Crippen LogP contribution in [0.1, 0.15) is 78.5 Å². The van der Waals surface area contributed by atoms with E-state index in [1.165, 1.54) is 58.5 Å². The van der Waals surface area contributed by atoms with Crippen molar-refractivity contribution in [1.29, 1.82) is 0 Å². The van der Waals surface area contributed by atoms with Gasteiger partial charge in [-0.05, 0) is 0 Å². The zero-order chi connectivity index (χ0) is 34.9. The van der Waals surface area contributed by atoms with Crippen LogP contribution in [-0.4, -0.2) is 3.21 Å². The molecule has 0 aromatic heterocycles. The molecule has 6 aromatic rings. The number of fused-ring (bicyclic) bond motifs is 5. The van der Waals surface area contributed by atoms with Crippen LogP contribution in [0.3, 0.4) is 0 Å². The Morgan fingerprint density at radius 3 is 1.38 bits per heavy atom. The van der Waals surface area contributed by atoms with E-state index in [0.717, 1.165) is 20.8 Å². The zero-order valence-corrected chi connectivity index (χ0v) is 33.6. The molecule has 0 spiro atoms. The van der Waals surface area contributed by atoms with E-state index in [2.05, 4.69) is 163 Å². The van der Waals surface area contributed by atoms with E-state index < -0.39 is 21.3 Å². The third-order valence-electron chi connectivity index (χ3n) is 10.7. The topological polar surface area (TPSA) is 0 Å². The van der Waals surface area contributed by atoms with E-state index in [9.17, 15) is 0 Å². The zero-order valence-electron chi connectivity index (χ0n) is 29.6. The van der Waals surface area contributed by atoms with Gasteiger partial charge in [0.2, 0.25) is 0 Å². The maximum absolute atomic E-state index is 6.93. The van der Waals surface area contributed by atoms with Gasteiger partial charge in [-0.15, -0.1) is 0 Å². The predicted molar refractivity (Wildman–Crippen MR) is 214 cm³/mol. The van der Waals surface area contributed by atoms with E-state index in [4.69, 9.17) is 23.2 Å². The second kappa shape index (κ2) is 12.7. The van der Waals surface area contributed by atoms with Gasteiger partial charge in [0.25, 0.3) is 0 Å². The molecule has 0 atom stereocenters. The second-order valence-corrected chi connectivity index (χ2v) is 23.3. The summed E-state index contributed by atoms with van der Waals surface area (Å²) in [5.74, 6) is 0. The van der Waals surface area contributed by atoms with E-state index >= 15 is 0 Å². The molecular formula is C47H42Cl2Zr. The summed E-state index contributed by atoms with van der Waals surface area (Å²) in [5.41, 5.74) is 11.2.